The van der Waals surface area contributed by atoms with Crippen LogP contribution in [0.4, 0.5) is 0 Å². The van der Waals surface area contributed by atoms with Gasteiger partial charge in [0.05, 0.1) is 5.54 Å². The zero-order valence-electron chi connectivity index (χ0n) is 11.7. The number of hydrogen-bond donors (Lipinski definition) is 2. The van der Waals surface area contributed by atoms with Crippen LogP contribution in [-0.2, 0) is 4.79 Å². The number of carbonyl (C=O) groups excluding carboxylic acids is 1. The van der Waals surface area contributed by atoms with E-state index in [-0.39, 0.29) is 11.8 Å². The van der Waals surface area contributed by atoms with E-state index >= 15 is 0 Å². The van der Waals surface area contributed by atoms with E-state index in [9.17, 15) is 4.79 Å². The standard InChI is InChI=1S/C13H28N2O/c1-7-9-14-12(16)13(6,10(3)4)15-11(5)8-2/h10-11,15H,7-9H2,1-6H3,(H,14,16). The molecule has 0 aliphatic heterocycles. The Bertz CT molecular complexity index is 216. The van der Waals surface area contributed by atoms with Gasteiger partial charge in [0.1, 0.15) is 0 Å². The minimum Gasteiger partial charge on any atom is -0.355 e. The molecule has 2 N–H and O–H groups in total. The highest BCUT2D eigenvalue weighted by atomic mass is 16.2. The maximum absolute atomic E-state index is 12.1. The first kappa shape index (κ1) is 15.4. The third kappa shape index (κ3) is 4.12. The van der Waals surface area contributed by atoms with Gasteiger partial charge in [0, 0.05) is 12.6 Å². The molecule has 96 valence electrons. The van der Waals surface area contributed by atoms with Gasteiger partial charge in [-0.15, -0.1) is 0 Å². The number of carbonyl (C=O) groups is 1. The number of nitrogens with one attached hydrogen (secondary N) is 2. The smallest absolute Gasteiger partial charge is 0.240 e. The first-order valence-corrected chi connectivity index (χ1v) is 6.44. The lowest BCUT2D eigenvalue weighted by molar-refractivity contribution is -0.129. The summed E-state index contributed by atoms with van der Waals surface area (Å²) in [5, 5.41) is 6.42. The van der Waals surface area contributed by atoms with Gasteiger partial charge in [-0.2, -0.15) is 0 Å². The minimum absolute atomic E-state index is 0.115. The van der Waals surface area contributed by atoms with Crippen molar-refractivity contribution < 1.29 is 4.79 Å². The van der Waals surface area contributed by atoms with Gasteiger partial charge in [-0.1, -0.05) is 27.7 Å². The first-order valence-electron chi connectivity index (χ1n) is 6.44. The van der Waals surface area contributed by atoms with Gasteiger partial charge in [-0.05, 0) is 32.6 Å². The Kier molecular flexibility index (Phi) is 6.65. The molecule has 3 nitrogen and oxygen atoms in total. The van der Waals surface area contributed by atoms with Crippen molar-refractivity contribution in [3.05, 3.63) is 0 Å². The van der Waals surface area contributed by atoms with Gasteiger partial charge in [0.15, 0.2) is 0 Å². The molecule has 2 unspecified atom stereocenters. The van der Waals surface area contributed by atoms with Crippen LogP contribution in [0.2, 0.25) is 0 Å². The molecule has 2 atom stereocenters. The molecule has 1 amide bonds. The molecule has 0 radical (unpaired) electrons. The summed E-state index contributed by atoms with van der Waals surface area (Å²) < 4.78 is 0. The normalized spacial score (nSPS) is 16.9. The van der Waals surface area contributed by atoms with Crippen molar-refractivity contribution >= 4 is 5.91 Å². The van der Waals surface area contributed by atoms with Crippen LogP contribution < -0.4 is 10.6 Å². The Hall–Kier alpha value is -0.570. The second kappa shape index (κ2) is 6.89. The fourth-order valence-corrected chi connectivity index (χ4v) is 1.53. The average Bonchev–Trinajstić information content (AvgIpc) is 2.24. The molecule has 0 aliphatic rings. The predicted molar refractivity (Wildman–Crippen MR) is 69.4 cm³/mol. The summed E-state index contributed by atoms with van der Waals surface area (Å²) in [5.74, 6) is 0.392. The topological polar surface area (TPSA) is 41.1 Å². The molecule has 0 saturated heterocycles. The number of rotatable bonds is 7. The maximum atomic E-state index is 12.1. The molecule has 0 aromatic heterocycles. The van der Waals surface area contributed by atoms with Gasteiger partial charge in [0.2, 0.25) is 5.91 Å². The van der Waals surface area contributed by atoms with Crippen molar-refractivity contribution in [3.63, 3.8) is 0 Å². The maximum Gasteiger partial charge on any atom is 0.240 e. The van der Waals surface area contributed by atoms with Gasteiger partial charge in [-0.25, -0.2) is 0 Å². The van der Waals surface area contributed by atoms with Crippen molar-refractivity contribution in [3.8, 4) is 0 Å². The molecular formula is C13H28N2O. The summed E-state index contributed by atoms with van der Waals surface area (Å²) in [7, 11) is 0. The highest BCUT2D eigenvalue weighted by Gasteiger charge is 2.36. The molecule has 3 heteroatoms. The lowest BCUT2D eigenvalue weighted by Crippen LogP contribution is -2.60. The van der Waals surface area contributed by atoms with E-state index in [0.29, 0.717) is 6.04 Å². The van der Waals surface area contributed by atoms with Crippen LogP contribution in [0.15, 0.2) is 0 Å². The van der Waals surface area contributed by atoms with E-state index in [2.05, 4.69) is 45.3 Å². The molecule has 0 heterocycles. The molecule has 0 aromatic rings. The molecule has 0 bridgehead atoms. The third-order valence-corrected chi connectivity index (χ3v) is 3.32. The summed E-state index contributed by atoms with van der Waals surface area (Å²) >= 11 is 0. The van der Waals surface area contributed by atoms with Gasteiger partial charge < -0.3 is 10.6 Å². The predicted octanol–water partition coefficient (Wildman–Crippen LogP) is 2.32. The van der Waals surface area contributed by atoms with Crippen LogP contribution >= 0.6 is 0 Å². The largest absolute Gasteiger partial charge is 0.355 e. The van der Waals surface area contributed by atoms with Crippen molar-refractivity contribution in [2.45, 2.75) is 66.0 Å². The SMILES string of the molecule is CCCNC(=O)C(C)(NC(C)CC)C(C)C. The Morgan fingerprint density at radius 2 is 1.81 bits per heavy atom. The Morgan fingerprint density at radius 1 is 1.25 bits per heavy atom. The molecule has 0 aromatic carbocycles. The summed E-state index contributed by atoms with van der Waals surface area (Å²) in [6, 6.07) is 0.361. The Morgan fingerprint density at radius 3 is 2.19 bits per heavy atom. The van der Waals surface area contributed by atoms with E-state index in [1.165, 1.54) is 0 Å². The first-order chi connectivity index (χ1) is 7.38. The fraction of sp³-hybridized carbons (Fsp3) is 0.923. The van der Waals surface area contributed by atoms with Crippen LogP contribution in [0, 0.1) is 5.92 Å². The fourth-order valence-electron chi connectivity index (χ4n) is 1.53. The lowest BCUT2D eigenvalue weighted by atomic mass is 9.86. The molecule has 0 saturated carbocycles. The Labute approximate surface area is 100 Å². The van der Waals surface area contributed by atoms with Crippen LogP contribution in [0.25, 0.3) is 0 Å². The Balaban J connectivity index is 4.61. The summed E-state index contributed by atoms with van der Waals surface area (Å²) in [6.07, 6.45) is 2.01. The van der Waals surface area contributed by atoms with E-state index in [1.54, 1.807) is 0 Å². The summed E-state index contributed by atoms with van der Waals surface area (Å²) in [5.41, 5.74) is -0.468. The van der Waals surface area contributed by atoms with E-state index in [0.717, 1.165) is 19.4 Å². The van der Waals surface area contributed by atoms with Crippen molar-refractivity contribution in [2.75, 3.05) is 6.54 Å². The highest BCUT2D eigenvalue weighted by Crippen LogP contribution is 2.18. The van der Waals surface area contributed by atoms with E-state index < -0.39 is 5.54 Å². The van der Waals surface area contributed by atoms with E-state index in [1.807, 2.05) is 6.92 Å². The quantitative estimate of drug-likeness (QED) is 0.702. The number of hydrogen-bond acceptors (Lipinski definition) is 2. The van der Waals surface area contributed by atoms with Crippen molar-refractivity contribution in [2.24, 2.45) is 5.92 Å². The van der Waals surface area contributed by atoms with Gasteiger partial charge >= 0.3 is 0 Å². The zero-order chi connectivity index (χ0) is 12.8. The minimum atomic E-state index is -0.468. The van der Waals surface area contributed by atoms with Crippen LogP contribution in [0.3, 0.4) is 0 Å². The summed E-state index contributed by atoms with van der Waals surface area (Å²) in [6.45, 7) is 13.2. The van der Waals surface area contributed by atoms with Gasteiger partial charge in [-0.3, -0.25) is 4.79 Å². The molecule has 0 aliphatic carbocycles. The average molecular weight is 228 g/mol. The molecular weight excluding hydrogens is 200 g/mol. The monoisotopic (exact) mass is 228 g/mol. The van der Waals surface area contributed by atoms with Crippen LogP contribution in [0.5, 0.6) is 0 Å². The van der Waals surface area contributed by atoms with Crippen LogP contribution in [0.1, 0.15) is 54.4 Å². The molecule has 16 heavy (non-hydrogen) atoms. The number of amides is 1. The molecule has 0 spiro atoms. The molecule has 0 fully saturated rings. The second-order valence-corrected chi connectivity index (χ2v) is 5.07. The lowest BCUT2D eigenvalue weighted by Gasteiger charge is -2.36. The zero-order valence-corrected chi connectivity index (χ0v) is 11.7. The highest BCUT2D eigenvalue weighted by molar-refractivity contribution is 5.86. The van der Waals surface area contributed by atoms with Gasteiger partial charge in [0.25, 0.3) is 0 Å². The summed E-state index contributed by atoms with van der Waals surface area (Å²) in [4.78, 5) is 12.1. The third-order valence-electron chi connectivity index (χ3n) is 3.32. The second-order valence-electron chi connectivity index (χ2n) is 5.07. The van der Waals surface area contributed by atoms with Crippen LogP contribution in [-0.4, -0.2) is 24.0 Å². The molecule has 0 rings (SSSR count). The van der Waals surface area contributed by atoms with Crippen molar-refractivity contribution in [1.29, 1.82) is 0 Å². The van der Waals surface area contributed by atoms with E-state index in [4.69, 9.17) is 0 Å². The van der Waals surface area contributed by atoms with Crippen molar-refractivity contribution in [1.82, 2.24) is 10.6 Å².